The van der Waals surface area contributed by atoms with Crippen LogP contribution >= 0.6 is 11.6 Å². The first-order chi connectivity index (χ1) is 19.1. The summed E-state index contributed by atoms with van der Waals surface area (Å²) >= 11 is 6.51. The predicted octanol–water partition coefficient (Wildman–Crippen LogP) is 5.52. The first-order valence-electron chi connectivity index (χ1n) is 11.9. The summed E-state index contributed by atoms with van der Waals surface area (Å²) in [6, 6.07) is 13.2. The number of rotatable bonds is 9. The fourth-order valence-corrected chi connectivity index (χ4v) is 4.08. The Balaban J connectivity index is 1.36. The number of anilines is 2. The van der Waals surface area contributed by atoms with Crippen molar-refractivity contribution in [3.8, 4) is 34.6 Å². The summed E-state index contributed by atoms with van der Waals surface area (Å²) in [5.74, 6) is 2.52. The number of hydrogen-bond acceptors (Lipinski definition) is 9. The van der Waals surface area contributed by atoms with Crippen LogP contribution in [-0.4, -0.2) is 56.6 Å². The second-order valence-corrected chi connectivity index (χ2v) is 8.61. The molecule has 5 rings (SSSR count). The Morgan fingerprint density at radius 3 is 2.51 bits per heavy atom. The van der Waals surface area contributed by atoms with E-state index in [1.165, 1.54) is 6.33 Å². The second kappa shape index (κ2) is 11.9. The minimum atomic E-state index is -0.443. The lowest BCUT2D eigenvalue weighted by molar-refractivity contribution is 0.134. The average Bonchev–Trinajstić information content (AvgIpc) is 2.94. The smallest absolute Gasteiger partial charge is 0.323 e. The van der Waals surface area contributed by atoms with Crippen molar-refractivity contribution < 1.29 is 33.2 Å². The zero-order chi connectivity index (χ0) is 27.2. The Labute approximate surface area is 228 Å². The number of methoxy groups -OCH3 is 2. The van der Waals surface area contributed by atoms with Crippen LogP contribution in [0.2, 0.25) is 5.02 Å². The molecular weight excluding hydrogens is 528 g/mol. The van der Waals surface area contributed by atoms with Crippen LogP contribution in [0.1, 0.15) is 0 Å². The van der Waals surface area contributed by atoms with E-state index in [4.69, 9.17) is 40.0 Å². The molecule has 0 atom stereocenters. The van der Waals surface area contributed by atoms with Crippen molar-refractivity contribution in [2.75, 3.05) is 51.3 Å². The maximum Gasteiger partial charge on any atom is 0.323 e. The quantitative estimate of drug-likeness (QED) is 0.258. The molecule has 12 heteroatoms. The molecule has 2 N–H and O–H groups in total. The molecule has 0 bridgehead atoms. The topological polar surface area (TPSA) is 122 Å². The molecule has 0 saturated carbocycles. The van der Waals surface area contributed by atoms with Crippen molar-refractivity contribution in [3.63, 3.8) is 0 Å². The van der Waals surface area contributed by atoms with Gasteiger partial charge in [0.05, 0.1) is 24.3 Å². The molecule has 1 aliphatic rings. The van der Waals surface area contributed by atoms with Crippen LogP contribution in [0.25, 0.3) is 10.9 Å². The van der Waals surface area contributed by atoms with Gasteiger partial charge in [-0.15, -0.1) is 0 Å². The lowest BCUT2D eigenvalue weighted by atomic mass is 10.1. The molecule has 0 fully saturated rings. The average molecular weight is 553 g/mol. The minimum Gasteiger partial charge on any atom is -0.497 e. The predicted molar refractivity (Wildman–Crippen MR) is 145 cm³/mol. The molecule has 1 aliphatic heterocycles. The van der Waals surface area contributed by atoms with Gasteiger partial charge in [0.1, 0.15) is 43.0 Å². The van der Waals surface area contributed by atoms with Crippen molar-refractivity contribution in [2.45, 2.75) is 0 Å². The second-order valence-electron chi connectivity index (χ2n) is 8.20. The maximum atomic E-state index is 12.5. The van der Waals surface area contributed by atoms with Gasteiger partial charge in [-0.2, -0.15) is 0 Å². The molecule has 3 aromatic carbocycles. The van der Waals surface area contributed by atoms with E-state index >= 15 is 0 Å². The van der Waals surface area contributed by atoms with Gasteiger partial charge < -0.3 is 39.1 Å². The summed E-state index contributed by atoms with van der Waals surface area (Å²) in [6.07, 6.45) is 1.37. The SMILES string of the molecule is COCCOc1cc2ncnc(Oc3ccc(NC(=O)Nc4cccc(OC)c4)cc3Cl)c2c2c1OCCO2. The Hall–Kier alpha value is -4.48. The lowest BCUT2D eigenvalue weighted by Crippen LogP contribution is -2.19. The molecule has 0 aliphatic carbocycles. The van der Waals surface area contributed by atoms with Gasteiger partial charge in [0.2, 0.25) is 11.6 Å². The van der Waals surface area contributed by atoms with E-state index in [1.54, 1.807) is 62.8 Å². The third-order valence-corrected chi connectivity index (χ3v) is 5.91. The first-order valence-corrected chi connectivity index (χ1v) is 12.3. The third kappa shape index (κ3) is 6.00. The van der Waals surface area contributed by atoms with Gasteiger partial charge in [-0.25, -0.2) is 14.8 Å². The zero-order valence-corrected chi connectivity index (χ0v) is 21.9. The van der Waals surface area contributed by atoms with E-state index in [2.05, 4.69) is 20.6 Å². The number of fused-ring (bicyclic) bond motifs is 3. The Bertz CT molecular complexity index is 1500. The van der Waals surface area contributed by atoms with Gasteiger partial charge in [0.15, 0.2) is 11.5 Å². The number of amides is 2. The first kappa shape index (κ1) is 26.1. The molecule has 1 aromatic heterocycles. The molecule has 2 amide bonds. The number of benzene rings is 3. The van der Waals surface area contributed by atoms with E-state index in [-0.39, 0.29) is 10.9 Å². The van der Waals surface area contributed by atoms with E-state index in [0.29, 0.717) is 77.5 Å². The Kier molecular flexibility index (Phi) is 7.99. The molecule has 2 heterocycles. The molecule has 39 heavy (non-hydrogen) atoms. The summed E-state index contributed by atoms with van der Waals surface area (Å²) in [7, 11) is 3.15. The number of nitrogens with zero attached hydrogens (tertiary/aromatic N) is 2. The summed E-state index contributed by atoms with van der Waals surface area (Å²) in [6.45, 7) is 1.46. The standard InChI is InChI=1S/C27H25ClN4O7/c1-34-8-9-36-22-14-20-23(25-24(22)37-10-11-38-25)26(30-15-29-20)39-21-7-6-17(13-19(21)28)32-27(33)31-16-4-3-5-18(12-16)35-2/h3-7,12-15H,8-11H2,1-2H3,(H2,31,32,33). The molecule has 11 nitrogen and oxygen atoms in total. The number of urea groups is 1. The molecule has 0 unspecified atom stereocenters. The normalized spacial score (nSPS) is 12.1. The van der Waals surface area contributed by atoms with Crippen molar-refractivity contribution in [2.24, 2.45) is 0 Å². The highest BCUT2D eigenvalue weighted by molar-refractivity contribution is 6.32. The molecule has 0 spiro atoms. The molecule has 0 saturated heterocycles. The van der Waals surface area contributed by atoms with Crippen LogP contribution in [0.4, 0.5) is 16.2 Å². The number of hydrogen-bond donors (Lipinski definition) is 2. The van der Waals surface area contributed by atoms with Gasteiger partial charge in [0, 0.05) is 30.6 Å². The highest BCUT2D eigenvalue weighted by Gasteiger charge is 2.25. The third-order valence-electron chi connectivity index (χ3n) is 5.61. The largest absolute Gasteiger partial charge is 0.497 e. The lowest BCUT2D eigenvalue weighted by Gasteiger charge is -2.23. The van der Waals surface area contributed by atoms with E-state index < -0.39 is 6.03 Å². The molecular formula is C27H25ClN4O7. The molecule has 0 radical (unpaired) electrons. The van der Waals surface area contributed by atoms with E-state index in [1.807, 2.05) is 0 Å². The Morgan fingerprint density at radius 1 is 0.949 bits per heavy atom. The van der Waals surface area contributed by atoms with Crippen molar-refractivity contribution in [1.29, 1.82) is 0 Å². The van der Waals surface area contributed by atoms with Gasteiger partial charge in [0.25, 0.3) is 0 Å². The minimum absolute atomic E-state index is 0.226. The van der Waals surface area contributed by atoms with Gasteiger partial charge in [-0.3, -0.25) is 0 Å². The van der Waals surface area contributed by atoms with E-state index in [0.717, 1.165) is 0 Å². The van der Waals surface area contributed by atoms with Gasteiger partial charge in [-0.1, -0.05) is 17.7 Å². The van der Waals surface area contributed by atoms with Crippen LogP contribution in [0.5, 0.6) is 34.6 Å². The van der Waals surface area contributed by atoms with Crippen LogP contribution in [0.15, 0.2) is 54.9 Å². The monoisotopic (exact) mass is 552 g/mol. The van der Waals surface area contributed by atoms with Crippen molar-refractivity contribution in [1.82, 2.24) is 9.97 Å². The number of ether oxygens (including phenoxy) is 6. The number of nitrogens with one attached hydrogen (secondary N) is 2. The fourth-order valence-electron chi connectivity index (χ4n) is 3.86. The summed E-state index contributed by atoms with van der Waals surface area (Å²) in [5.41, 5.74) is 1.59. The van der Waals surface area contributed by atoms with Crippen LogP contribution in [0, 0.1) is 0 Å². The summed E-state index contributed by atoms with van der Waals surface area (Å²) in [5, 5.41) is 6.26. The van der Waals surface area contributed by atoms with Gasteiger partial charge in [-0.05, 0) is 30.3 Å². The molecule has 202 valence electrons. The number of halogens is 1. The van der Waals surface area contributed by atoms with E-state index in [9.17, 15) is 4.79 Å². The highest BCUT2D eigenvalue weighted by Crippen LogP contribution is 2.48. The van der Waals surface area contributed by atoms with Crippen LogP contribution < -0.4 is 34.3 Å². The Morgan fingerprint density at radius 2 is 1.74 bits per heavy atom. The highest BCUT2D eigenvalue weighted by atomic mass is 35.5. The maximum absolute atomic E-state index is 12.5. The fraction of sp³-hybridized carbons (Fsp3) is 0.222. The van der Waals surface area contributed by atoms with Crippen molar-refractivity contribution in [3.05, 3.63) is 59.9 Å². The van der Waals surface area contributed by atoms with Crippen LogP contribution in [-0.2, 0) is 4.74 Å². The van der Waals surface area contributed by atoms with Crippen LogP contribution in [0.3, 0.4) is 0 Å². The molecule has 4 aromatic rings. The summed E-state index contributed by atoms with van der Waals surface area (Å²) < 4.78 is 33.9. The van der Waals surface area contributed by atoms with Gasteiger partial charge >= 0.3 is 6.03 Å². The van der Waals surface area contributed by atoms with Crippen molar-refractivity contribution >= 4 is 39.9 Å². The zero-order valence-electron chi connectivity index (χ0n) is 21.2. The number of aromatic nitrogens is 2. The number of carbonyl (C=O) groups excluding carboxylic acids is 1. The number of carbonyl (C=O) groups is 1. The summed E-state index contributed by atoms with van der Waals surface area (Å²) in [4.78, 5) is 21.1.